The minimum Gasteiger partial charge on any atom is -0.492 e. The van der Waals surface area contributed by atoms with Gasteiger partial charge >= 0.3 is 0 Å². The summed E-state index contributed by atoms with van der Waals surface area (Å²) in [5.74, 6) is 0.807. The molecular formula is C14H18BrN3O2. The maximum atomic E-state index is 6.20. The molecular weight excluding hydrogens is 322 g/mol. The molecule has 0 fully saturated rings. The number of para-hydroxylation sites is 1. The molecule has 0 bridgehead atoms. The number of methoxy groups -OCH3 is 1. The van der Waals surface area contributed by atoms with Crippen LogP contribution in [0.5, 0.6) is 5.75 Å². The summed E-state index contributed by atoms with van der Waals surface area (Å²) in [4.78, 5) is 0. The lowest BCUT2D eigenvalue weighted by atomic mass is 10.2. The van der Waals surface area contributed by atoms with Crippen molar-refractivity contribution in [2.45, 2.75) is 12.6 Å². The number of rotatable bonds is 7. The van der Waals surface area contributed by atoms with Gasteiger partial charge in [-0.05, 0) is 28.1 Å². The maximum absolute atomic E-state index is 6.20. The highest BCUT2D eigenvalue weighted by molar-refractivity contribution is 9.10. The molecule has 6 heteroatoms. The average Bonchev–Trinajstić information content (AvgIpc) is 2.84. The molecule has 1 unspecified atom stereocenters. The number of aromatic nitrogens is 2. The van der Waals surface area contributed by atoms with Gasteiger partial charge in [-0.2, -0.15) is 5.10 Å². The number of ether oxygens (including phenoxy) is 2. The summed E-state index contributed by atoms with van der Waals surface area (Å²) in [5.41, 5.74) is 7.12. The van der Waals surface area contributed by atoms with Crippen molar-refractivity contribution in [1.29, 1.82) is 0 Å². The second kappa shape index (κ2) is 7.42. The molecule has 0 aliphatic carbocycles. The number of halogens is 1. The third kappa shape index (κ3) is 3.82. The van der Waals surface area contributed by atoms with E-state index in [-0.39, 0.29) is 6.04 Å². The standard InChI is InChI=1S/C14H18BrN3O2/c1-19-8-7-18-14(12(15)9-17-18)13(16)10-20-11-5-3-2-4-6-11/h2-6,9,13H,7-8,10,16H2,1H3. The monoisotopic (exact) mass is 339 g/mol. The quantitative estimate of drug-likeness (QED) is 0.841. The van der Waals surface area contributed by atoms with E-state index in [9.17, 15) is 0 Å². The van der Waals surface area contributed by atoms with E-state index in [1.54, 1.807) is 13.3 Å². The summed E-state index contributed by atoms with van der Waals surface area (Å²) in [5, 5.41) is 4.28. The van der Waals surface area contributed by atoms with Crippen LogP contribution in [0.3, 0.4) is 0 Å². The number of nitrogens with zero attached hydrogens (tertiary/aromatic N) is 2. The first-order chi connectivity index (χ1) is 9.72. The van der Waals surface area contributed by atoms with Gasteiger partial charge in [0, 0.05) is 7.11 Å². The van der Waals surface area contributed by atoms with Crippen molar-refractivity contribution < 1.29 is 9.47 Å². The summed E-state index contributed by atoms with van der Waals surface area (Å²) in [7, 11) is 1.66. The molecule has 108 valence electrons. The van der Waals surface area contributed by atoms with Gasteiger partial charge in [-0.15, -0.1) is 0 Å². The van der Waals surface area contributed by atoms with Gasteiger partial charge in [0.2, 0.25) is 0 Å². The first kappa shape index (κ1) is 15.0. The van der Waals surface area contributed by atoms with Crippen molar-refractivity contribution in [2.75, 3.05) is 20.3 Å². The average molecular weight is 340 g/mol. The highest BCUT2D eigenvalue weighted by Crippen LogP contribution is 2.22. The van der Waals surface area contributed by atoms with E-state index in [4.69, 9.17) is 15.2 Å². The van der Waals surface area contributed by atoms with Crippen molar-refractivity contribution in [2.24, 2.45) is 5.73 Å². The molecule has 0 aliphatic rings. The first-order valence-corrected chi connectivity index (χ1v) is 7.15. The predicted octanol–water partition coefficient (Wildman–Crippen LogP) is 2.37. The van der Waals surface area contributed by atoms with Crippen molar-refractivity contribution in [1.82, 2.24) is 9.78 Å². The van der Waals surface area contributed by atoms with E-state index >= 15 is 0 Å². The Morgan fingerprint density at radius 3 is 2.80 bits per heavy atom. The zero-order valence-corrected chi connectivity index (χ0v) is 12.9. The van der Waals surface area contributed by atoms with E-state index in [1.807, 2.05) is 35.0 Å². The van der Waals surface area contributed by atoms with Crippen LogP contribution < -0.4 is 10.5 Å². The Kier molecular flexibility index (Phi) is 5.58. The number of hydrogen-bond acceptors (Lipinski definition) is 4. The van der Waals surface area contributed by atoms with E-state index in [0.29, 0.717) is 19.8 Å². The van der Waals surface area contributed by atoms with Gasteiger partial charge < -0.3 is 15.2 Å². The van der Waals surface area contributed by atoms with E-state index in [1.165, 1.54) is 0 Å². The normalized spacial score (nSPS) is 12.3. The van der Waals surface area contributed by atoms with Crippen LogP contribution in [0.4, 0.5) is 0 Å². The van der Waals surface area contributed by atoms with Crippen LogP contribution in [-0.2, 0) is 11.3 Å². The van der Waals surface area contributed by atoms with Gasteiger partial charge in [0.1, 0.15) is 12.4 Å². The molecule has 1 aromatic carbocycles. The summed E-state index contributed by atoms with van der Waals surface area (Å²) in [6.07, 6.45) is 1.74. The van der Waals surface area contributed by atoms with Gasteiger partial charge in [0.25, 0.3) is 0 Å². The molecule has 0 radical (unpaired) electrons. The van der Waals surface area contributed by atoms with Gasteiger partial charge in [0.05, 0.1) is 35.6 Å². The Balaban J connectivity index is 2.01. The fraction of sp³-hybridized carbons (Fsp3) is 0.357. The molecule has 20 heavy (non-hydrogen) atoms. The molecule has 0 saturated heterocycles. The molecule has 1 aromatic heterocycles. The zero-order valence-electron chi connectivity index (χ0n) is 11.3. The highest BCUT2D eigenvalue weighted by Gasteiger charge is 2.17. The van der Waals surface area contributed by atoms with Crippen LogP contribution in [0.1, 0.15) is 11.7 Å². The molecule has 0 aliphatic heterocycles. The fourth-order valence-corrected chi connectivity index (χ4v) is 2.47. The molecule has 0 spiro atoms. The van der Waals surface area contributed by atoms with Crippen LogP contribution in [0, 0.1) is 0 Å². The first-order valence-electron chi connectivity index (χ1n) is 6.36. The van der Waals surface area contributed by atoms with E-state index < -0.39 is 0 Å². The second-order valence-electron chi connectivity index (χ2n) is 4.32. The Bertz CT molecular complexity index is 530. The van der Waals surface area contributed by atoms with Crippen molar-refractivity contribution in [3.63, 3.8) is 0 Å². The molecule has 0 amide bonds. The molecule has 2 rings (SSSR count). The third-order valence-corrected chi connectivity index (χ3v) is 3.48. The SMILES string of the molecule is COCCn1ncc(Br)c1C(N)COc1ccccc1. The van der Waals surface area contributed by atoms with Crippen LogP contribution >= 0.6 is 15.9 Å². The summed E-state index contributed by atoms with van der Waals surface area (Å²) < 4.78 is 13.5. The van der Waals surface area contributed by atoms with Crippen molar-refractivity contribution >= 4 is 15.9 Å². The van der Waals surface area contributed by atoms with Crippen LogP contribution in [0.25, 0.3) is 0 Å². The van der Waals surface area contributed by atoms with Crippen LogP contribution in [-0.4, -0.2) is 30.1 Å². The zero-order chi connectivity index (χ0) is 14.4. The molecule has 2 N–H and O–H groups in total. The fourth-order valence-electron chi connectivity index (χ4n) is 1.88. The summed E-state index contributed by atoms with van der Waals surface area (Å²) in [6.45, 7) is 1.64. The predicted molar refractivity (Wildman–Crippen MR) is 80.7 cm³/mol. The second-order valence-corrected chi connectivity index (χ2v) is 5.18. The lowest BCUT2D eigenvalue weighted by Crippen LogP contribution is -2.24. The van der Waals surface area contributed by atoms with Crippen molar-refractivity contribution in [3.8, 4) is 5.75 Å². The topological polar surface area (TPSA) is 62.3 Å². The van der Waals surface area contributed by atoms with Gasteiger partial charge in [0.15, 0.2) is 0 Å². The van der Waals surface area contributed by atoms with Crippen LogP contribution in [0.2, 0.25) is 0 Å². The van der Waals surface area contributed by atoms with E-state index in [0.717, 1.165) is 15.9 Å². The maximum Gasteiger partial charge on any atom is 0.119 e. The Morgan fingerprint density at radius 2 is 2.10 bits per heavy atom. The number of benzene rings is 1. The lowest BCUT2D eigenvalue weighted by molar-refractivity contribution is 0.181. The molecule has 5 nitrogen and oxygen atoms in total. The Hall–Kier alpha value is -1.37. The molecule has 1 heterocycles. The Morgan fingerprint density at radius 1 is 1.35 bits per heavy atom. The number of hydrogen-bond donors (Lipinski definition) is 1. The third-order valence-electron chi connectivity index (χ3n) is 2.86. The van der Waals surface area contributed by atoms with Gasteiger partial charge in [-0.3, -0.25) is 4.68 Å². The Labute approximate surface area is 126 Å². The largest absolute Gasteiger partial charge is 0.492 e. The lowest BCUT2D eigenvalue weighted by Gasteiger charge is -2.16. The molecule has 0 saturated carbocycles. The summed E-state index contributed by atoms with van der Waals surface area (Å²) >= 11 is 3.48. The number of nitrogens with two attached hydrogens (primary N) is 1. The molecule has 2 aromatic rings. The smallest absolute Gasteiger partial charge is 0.119 e. The van der Waals surface area contributed by atoms with Gasteiger partial charge in [-0.1, -0.05) is 18.2 Å². The minimum atomic E-state index is -0.260. The molecule has 1 atom stereocenters. The highest BCUT2D eigenvalue weighted by atomic mass is 79.9. The summed E-state index contributed by atoms with van der Waals surface area (Å²) in [6, 6.07) is 9.36. The van der Waals surface area contributed by atoms with Crippen molar-refractivity contribution in [3.05, 3.63) is 46.7 Å². The van der Waals surface area contributed by atoms with Crippen LogP contribution in [0.15, 0.2) is 41.0 Å². The van der Waals surface area contributed by atoms with Gasteiger partial charge in [-0.25, -0.2) is 0 Å². The van der Waals surface area contributed by atoms with E-state index in [2.05, 4.69) is 21.0 Å². The minimum absolute atomic E-state index is 0.260.